The van der Waals surface area contributed by atoms with E-state index in [1.165, 1.54) is 7.05 Å². The van der Waals surface area contributed by atoms with Crippen LogP contribution in [0.1, 0.15) is 61.1 Å². The quantitative estimate of drug-likeness (QED) is 0.837. The second-order valence-electron chi connectivity index (χ2n) is 6.65. The third kappa shape index (κ3) is 3.83. The molecule has 0 spiro atoms. The van der Waals surface area contributed by atoms with Gasteiger partial charge in [-0.15, -0.1) is 0 Å². The number of halogens is 1. The maximum atomic E-state index is 14.1. The summed E-state index contributed by atoms with van der Waals surface area (Å²) in [5, 5.41) is 6.84. The molecule has 0 fully saturated rings. The average Bonchev–Trinajstić information content (AvgIpc) is 2.78. The summed E-state index contributed by atoms with van der Waals surface area (Å²) < 4.78 is 15.2. The molecule has 0 saturated carbocycles. The van der Waals surface area contributed by atoms with E-state index in [1.807, 2.05) is 24.3 Å². The first-order chi connectivity index (χ1) is 11.3. The fourth-order valence-corrected chi connectivity index (χ4v) is 3.12. The van der Waals surface area contributed by atoms with Crippen LogP contribution in [0.5, 0.6) is 0 Å². The number of hydrogen-bond donors (Lipinski definition) is 1. The molecule has 130 valence electrons. The van der Waals surface area contributed by atoms with Crippen LogP contribution in [0.2, 0.25) is 0 Å². The van der Waals surface area contributed by atoms with Gasteiger partial charge in [0, 0.05) is 12.7 Å². The van der Waals surface area contributed by atoms with Crippen molar-refractivity contribution >= 4 is 11.6 Å². The van der Waals surface area contributed by atoms with Gasteiger partial charge in [-0.2, -0.15) is 9.49 Å². The molecule has 0 aliphatic heterocycles. The minimum absolute atomic E-state index is 0.00390. The Labute approximate surface area is 143 Å². The summed E-state index contributed by atoms with van der Waals surface area (Å²) in [5.41, 5.74) is 2.24. The van der Waals surface area contributed by atoms with Gasteiger partial charge in [0.2, 0.25) is 5.95 Å². The Hall–Kier alpha value is -2.17. The van der Waals surface area contributed by atoms with Crippen LogP contribution >= 0.6 is 0 Å². The van der Waals surface area contributed by atoms with Crippen molar-refractivity contribution in [2.45, 2.75) is 46.5 Å². The summed E-state index contributed by atoms with van der Waals surface area (Å²) in [6.45, 7) is 8.17. The number of para-hydroxylation sites is 1. The van der Waals surface area contributed by atoms with E-state index >= 15 is 0 Å². The van der Waals surface area contributed by atoms with Gasteiger partial charge in [-0.25, -0.2) is 4.68 Å². The lowest BCUT2D eigenvalue weighted by Crippen LogP contribution is -2.16. The normalized spacial score (nSPS) is 12.5. The number of hydrogen-bond acceptors (Lipinski definition) is 2. The number of carbonyl (C=O) groups is 1. The first-order valence-electron chi connectivity index (χ1n) is 8.44. The van der Waals surface area contributed by atoms with E-state index in [-0.39, 0.29) is 5.56 Å². The minimum atomic E-state index is -0.614. The van der Waals surface area contributed by atoms with E-state index in [0.717, 1.165) is 28.8 Å². The summed E-state index contributed by atoms with van der Waals surface area (Å²) in [5.74, 6) is -0.139. The molecule has 1 aromatic heterocycles. The van der Waals surface area contributed by atoms with Crippen LogP contribution < -0.4 is 5.32 Å². The van der Waals surface area contributed by atoms with Crippen LogP contribution in [0.25, 0.3) is 0 Å². The molecule has 0 radical (unpaired) electrons. The zero-order valence-electron chi connectivity index (χ0n) is 15.1. The Morgan fingerprint density at radius 3 is 2.54 bits per heavy atom. The Morgan fingerprint density at radius 1 is 1.33 bits per heavy atom. The van der Waals surface area contributed by atoms with Gasteiger partial charge in [0.25, 0.3) is 5.91 Å². The van der Waals surface area contributed by atoms with Crippen molar-refractivity contribution in [2.75, 3.05) is 5.32 Å². The molecule has 1 amide bonds. The summed E-state index contributed by atoms with van der Waals surface area (Å²) in [4.78, 5) is 12.5. The summed E-state index contributed by atoms with van der Waals surface area (Å²) >= 11 is 0. The van der Waals surface area contributed by atoms with Crippen molar-refractivity contribution in [2.24, 2.45) is 13.0 Å². The number of anilines is 1. The zero-order chi connectivity index (χ0) is 17.9. The fraction of sp³-hybridized carbons (Fsp3) is 0.474. The Morgan fingerprint density at radius 2 is 2.00 bits per heavy atom. The smallest absolute Gasteiger partial charge is 0.262 e. The lowest BCUT2D eigenvalue weighted by atomic mass is 9.87. The highest BCUT2D eigenvalue weighted by molar-refractivity contribution is 6.05. The molecule has 24 heavy (non-hydrogen) atoms. The van der Waals surface area contributed by atoms with Gasteiger partial charge in [-0.3, -0.25) is 4.79 Å². The Kier molecular flexibility index (Phi) is 5.75. The largest absolute Gasteiger partial charge is 0.322 e. The van der Waals surface area contributed by atoms with Gasteiger partial charge in [0.1, 0.15) is 5.56 Å². The standard InChI is InChI=1S/C19H26FN3O/c1-6-14(11-12(2)3)15-9-7-8-10-16(15)21-19(24)17-13(4)22-23(5)18(17)20/h7-10,12,14H,6,11H2,1-5H3,(H,21,24). The number of nitrogens with one attached hydrogen (secondary N) is 1. The van der Waals surface area contributed by atoms with E-state index < -0.39 is 11.9 Å². The van der Waals surface area contributed by atoms with Gasteiger partial charge < -0.3 is 5.32 Å². The highest BCUT2D eigenvalue weighted by Crippen LogP contribution is 2.32. The van der Waals surface area contributed by atoms with Crippen molar-refractivity contribution in [1.29, 1.82) is 0 Å². The number of aromatic nitrogens is 2. The molecule has 1 aromatic carbocycles. The van der Waals surface area contributed by atoms with E-state index in [0.29, 0.717) is 17.5 Å². The van der Waals surface area contributed by atoms with Crippen LogP contribution in [-0.2, 0) is 7.05 Å². The summed E-state index contributed by atoms with van der Waals surface area (Å²) in [6, 6.07) is 7.77. The van der Waals surface area contributed by atoms with Gasteiger partial charge >= 0.3 is 0 Å². The first-order valence-corrected chi connectivity index (χ1v) is 8.44. The molecule has 0 bridgehead atoms. The van der Waals surface area contributed by atoms with Gasteiger partial charge in [-0.1, -0.05) is 39.0 Å². The van der Waals surface area contributed by atoms with E-state index in [1.54, 1.807) is 6.92 Å². The number of benzene rings is 1. The van der Waals surface area contributed by atoms with Gasteiger partial charge in [-0.05, 0) is 43.2 Å². The molecule has 1 N–H and O–H groups in total. The van der Waals surface area contributed by atoms with Crippen molar-refractivity contribution in [1.82, 2.24) is 9.78 Å². The fourth-order valence-electron chi connectivity index (χ4n) is 3.12. The second-order valence-corrected chi connectivity index (χ2v) is 6.65. The first kappa shape index (κ1) is 18.2. The number of aryl methyl sites for hydroxylation is 2. The molecule has 2 rings (SSSR count). The molecule has 1 unspecified atom stereocenters. The monoisotopic (exact) mass is 331 g/mol. The molecule has 2 aromatic rings. The third-order valence-corrected chi connectivity index (χ3v) is 4.28. The minimum Gasteiger partial charge on any atom is -0.322 e. The highest BCUT2D eigenvalue weighted by atomic mass is 19.1. The number of amides is 1. The van der Waals surface area contributed by atoms with Gasteiger partial charge in [0.15, 0.2) is 0 Å². The predicted octanol–water partition coefficient (Wildman–Crippen LogP) is 4.66. The molecule has 5 heteroatoms. The molecule has 0 aliphatic rings. The Bertz CT molecular complexity index is 721. The summed E-state index contributed by atoms with van der Waals surface area (Å²) in [6.07, 6.45) is 2.04. The van der Waals surface area contributed by atoms with E-state index in [4.69, 9.17) is 0 Å². The van der Waals surface area contributed by atoms with E-state index in [2.05, 4.69) is 31.2 Å². The lowest BCUT2D eigenvalue weighted by Gasteiger charge is -2.21. The molecular formula is C19H26FN3O. The topological polar surface area (TPSA) is 46.9 Å². The SMILES string of the molecule is CCC(CC(C)C)c1ccccc1NC(=O)c1c(C)nn(C)c1F. The lowest BCUT2D eigenvalue weighted by molar-refractivity contribution is 0.102. The highest BCUT2D eigenvalue weighted by Gasteiger charge is 2.22. The second kappa shape index (κ2) is 7.60. The van der Waals surface area contributed by atoms with Crippen molar-refractivity contribution in [3.8, 4) is 0 Å². The Balaban J connectivity index is 2.31. The maximum absolute atomic E-state index is 14.1. The molecule has 1 heterocycles. The van der Waals surface area contributed by atoms with E-state index in [9.17, 15) is 9.18 Å². The summed E-state index contributed by atoms with van der Waals surface area (Å²) in [7, 11) is 1.49. The van der Waals surface area contributed by atoms with Crippen LogP contribution in [-0.4, -0.2) is 15.7 Å². The van der Waals surface area contributed by atoms with Crippen LogP contribution in [0.3, 0.4) is 0 Å². The predicted molar refractivity (Wildman–Crippen MR) is 94.8 cm³/mol. The number of carbonyl (C=O) groups excluding carboxylic acids is 1. The third-order valence-electron chi connectivity index (χ3n) is 4.28. The molecule has 4 nitrogen and oxygen atoms in total. The van der Waals surface area contributed by atoms with Crippen LogP contribution in [0.4, 0.5) is 10.1 Å². The van der Waals surface area contributed by atoms with Crippen molar-refractivity contribution < 1.29 is 9.18 Å². The molecule has 0 aliphatic carbocycles. The van der Waals surface area contributed by atoms with Gasteiger partial charge in [0.05, 0.1) is 5.69 Å². The van der Waals surface area contributed by atoms with Crippen LogP contribution in [0.15, 0.2) is 24.3 Å². The number of nitrogens with zero attached hydrogens (tertiary/aromatic N) is 2. The van der Waals surface area contributed by atoms with Crippen molar-refractivity contribution in [3.05, 3.63) is 47.0 Å². The molecule has 1 atom stereocenters. The molecule has 0 saturated heterocycles. The van der Waals surface area contributed by atoms with Crippen molar-refractivity contribution in [3.63, 3.8) is 0 Å². The van der Waals surface area contributed by atoms with Crippen LogP contribution in [0, 0.1) is 18.8 Å². The maximum Gasteiger partial charge on any atom is 0.262 e. The zero-order valence-corrected chi connectivity index (χ0v) is 15.1. The average molecular weight is 331 g/mol. The number of rotatable bonds is 6. The molecular weight excluding hydrogens is 305 g/mol.